The molecule has 0 heterocycles. The predicted molar refractivity (Wildman–Crippen MR) is 63.5 cm³/mol. The molecule has 1 aromatic carbocycles. The molecule has 2 amide bonds. The molecule has 0 aliphatic rings. The summed E-state index contributed by atoms with van der Waals surface area (Å²) in [6.07, 6.45) is 0.264. The van der Waals surface area contributed by atoms with E-state index >= 15 is 0 Å². The second-order valence-corrected chi connectivity index (χ2v) is 3.68. The minimum atomic E-state index is -0.113. The van der Waals surface area contributed by atoms with E-state index in [2.05, 4.69) is 10.6 Å². The van der Waals surface area contributed by atoms with E-state index in [0.717, 1.165) is 5.56 Å². The number of aromatic hydroxyl groups is 1. The first-order chi connectivity index (χ1) is 8.08. The lowest BCUT2D eigenvalue weighted by atomic mass is 10.1. The van der Waals surface area contributed by atoms with Crippen molar-refractivity contribution >= 4 is 11.8 Å². The van der Waals surface area contributed by atoms with E-state index in [9.17, 15) is 9.59 Å². The highest BCUT2D eigenvalue weighted by molar-refractivity contribution is 5.78. The Labute approximate surface area is 99.8 Å². The van der Waals surface area contributed by atoms with Crippen molar-refractivity contribution in [2.24, 2.45) is 0 Å². The van der Waals surface area contributed by atoms with Crippen LogP contribution in [0.1, 0.15) is 12.5 Å². The maximum absolute atomic E-state index is 11.5. The molecule has 5 nitrogen and oxygen atoms in total. The average molecular weight is 236 g/mol. The molecule has 0 aromatic heterocycles. The summed E-state index contributed by atoms with van der Waals surface area (Å²) < 4.78 is 0. The van der Waals surface area contributed by atoms with Gasteiger partial charge < -0.3 is 15.7 Å². The Hall–Kier alpha value is -2.04. The molecule has 0 atom stereocenters. The average Bonchev–Trinajstić information content (AvgIpc) is 2.27. The first-order valence-electron chi connectivity index (χ1n) is 5.37. The Morgan fingerprint density at radius 2 is 1.71 bits per heavy atom. The third-order valence-electron chi connectivity index (χ3n) is 2.12. The van der Waals surface area contributed by atoms with Crippen LogP contribution in [0.5, 0.6) is 5.75 Å². The number of hydrogen-bond acceptors (Lipinski definition) is 3. The van der Waals surface area contributed by atoms with Crippen molar-refractivity contribution in [2.45, 2.75) is 13.3 Å². The van der Waals surface area contributed by atoms with Crippen LogP contribution < -0.4 is 10.6 Å². The minimum Gasteiger partial charge on any atom is -0.508 e. The highest BCUT2D eigenvalue weighted by Crippen LogP contribution is 2.09. The van der Waals surface area contributed by atoms with Crippen LogP contribution in [0.15, 0.2) is 24.3 Å². The summed E-state index contributed by atoms with van der Waals surface area (Å²) in [6.45, 7) is 2.27. The van der Waals surface area contributed by atoms with Crippen LogP contribution in [-0.2, 0) is 16.0 Å². The molecule has 0 bridgehead atoms. The van der Waals surface area contributed by atoms with Crippen molar-refractivity contribution < 1.29 is 14.7 Å². The number of amides is 2. The van der Waals surface area contributed by atoms with Gasteiger partial charge in [0.1, 0.15) is 5.75 Å². The molecule has 1 rings (SSSR count). The van der Waals surface area contributed by atoms with Crippen LogP contribution in [0.4, 0.5) is 0 Å². The van der Waals surface area contributed by atoms with E-state index in [0.29, 0.717) is 13.1 Å². The van der Waals surface area contributed by atoms with Gasteiger partial charge in [-0.25, -0.2) is 0 Å². The van der Waals surface area contributed by atoms with Gasteiger partial charge >= 0.3 is 0 Å². The number of hydrogen-bond donors (Lipinski definition) is 3. The summed E-state index contributed by atoms with van der Waals surface area (Å²) in [6, 6.07) is 6.48. The van der Waals surface area contributed by atoms with Crippen LogP contribution in [0.2, 0.25) is 0 Å². The number of carbonyl (C=O) groups is 2. The molecule has 0 radical (unpaired) electrons. The van der Waals surface area contributed by atoms with Gasteiger partial charge in [-0.05, 0) is 17.7 Å². The fourth-order valence-corrected chi connectivity index (χ4v) is 1.30. The summed E-state index contributed by atoms with van der Waals surface area (Å²) in [7, 11) is 0. The zero-order chi connectivity index (χ0) is 12.7. The Bertz CT molecular complexity index is 387. The molecular formula is C12H16N2O3. The lowest BCUT2D eigenvalue weighted by Crippen LogP contribution is -2.34. The van der Waals surface area contributed by atoms with Gasteiger partial charge in [0.2, 0.25) is 11.8 Å². The zero-order valence-corrected chi connectivity index (χ0v) is 9.69. The van der Waals surface area contributed by atoms with E-state index in [-0.39, 0.29) is 24.0 Å². The summed E-state index contributed by atoms with van der Waals surface area (Å²) >= 11 is 0. The molecule has 1 aromatic rings. The molecule has 0 aliphatic heterocycles. The molecular weight excluding hydrogens is 220 g/mol. The van der Waals surface area contributed by atoms with E-state index < -0.39 is 0 Å². The molecule has 0 fully saturated rings. The third-order valence-corrected chi connectivity index (χ3v) is 2.12. The number of benzene rings is 1. The van der Waals surface area contributed by atoms with Crippen LogP contribution in [0, 0.1) is 0 Å². The molecule has 92 valence electrons. The van der Waals surface area contributed by atoms with Gasteiger partial charge in [0, 0.05) is 20.0 Å². The van der Waals surface area contributed by atoms with Crippen molar-refractivity contribution in [3.05, 3.63) is 29.8 Å². The van der Waals surface area contributed by atoms with Crippen molar-refractivity contribution in [2.75, 3.05) is 13.1 Å². The molecule has 3 N–H and O–H groups in total. The van der Waals surface area contributed by atoms with E-state index in [4.69, 9.17) is 5.11 Å². The molecule has 5 heteroatoms. The first-order valence-corrected chi connectivity index (χ1v) is 5.37. The van der Waals surface area contributed by atoms with E-state index in [1.54, 1.807) is 24.3 Å². The number of phenolic OH excluding ortho intramolecular Hbond substituents is 1. The molecule has 0 saturated carbocycles. The lowest BCUT2D eigenvalue weighted by Gasteiger charge is -2.05. The number of carbonyl (C=O) groups excluding carboxylic acids is 2. The molecule has 0 unspecified atom stereocenters. The summed E-state index contributed by atoms with van der Waals surface area (Å²) in [5.41, 5.74) is 0.833. The Kier molecular flexibility index (Phi) is 5.00. The van der Waals surface area contributed by atoms with Crippen molar-refractivity contribution in [3.8, 4) is 5.75 Å². The Balaban J connectivity index is 2.25. The van der Waals surface area contributed by atoms with E-state index in [1.807, 2.05) is 0 Å². The zero-order valence-electron chi connectivity index (χ0n) is 9.69. The second-order valence-electron chi connectivity index (χ2n) is 3.68. The highest BCUT2D eigenvalue weighted by atomic mass is 16.3. The van der Waals surface area contributed by atoms with Crippen molar-refractivity contribution in [3.63, 3.8) is 0 Å². The Morgan fingerprint density at radius 1 is 1.12 bits per heavy atom. The maximum Gasteiger partial charge on any atom is 0.224 e. The van der Waals surface area contributed by atoms with Crippen LogP contribution in [-0.4, -0.2) is 30.0 Å². The van der Waals surface area contributed by atoms with Crippen LogP contribution in [0.3, 0.4) is 0 Å². The maximum atomic E-state index is 11.5. The number of nitrogens with one attached hydrogen (secondary N) is 2. The smallest absolute Gasteiger partial charge is 0.224 e. The summed E-state index contributed by atoms with van der Waals surface area (Å²) in [5, 5.41) is 14.3. The summed E-state index contributed by atoms with van der Waals surface area (Å²) in [5.74, 6) is -0.0429. The van der Waals surface area contributed by atoms with Gasteiger partial charge in [-0.2, -0.15) is 0 Å². The van der Waals surface area contributed by atoms with Crippen LogP contribution >= 0.6 is 0 Å². The topological polar surface area (TPSA) is 78.4 Å². The molecule has 0 spiro atoms. The van der Waals surface area contributed by atoms with Gasteiger partial charge in [-0.15, -0.1) is 0 Å². The first kappa shape index (κ1) is 13.0. The third kappa shape index (κ3) is 5.55. The van der Waals surface area contributed by atoms with E-state index in [1.165, 1.54) is 6.92 Å². The molecule has 17 heavy (non-hydrogen) atoms. The summed E-state index contributed by atoms with van der Waals surface area (Å²) in [4.78, 5) is 22.0. The van der Waals surface area contributed by atoms with Gasteiger partial charge in [-0.1, -0.05) is 12.1 Å². The number of rotatable bonds is 5. The molecule has 0 saturated heterocycles. The second kappa shape index (κ2) is 6.52. The SMILES string of the molecule is CC(=O)NCCNC(=O)Cc1ccc(O)cc1. The fourth-order valence-electron chi connectivity index (χ4n) is 1.30. The standard InChI is InChI=1S/C12H16N2O3/c1-9(15)13-6-7-14-12(17)8-10-2-4-11(16)5-3-10/h2-5,16H,6-8H2,1H3,(H,13,15)(H,14,17). The molecule has 0 aliphatic carbocycles. The van der Waals surface area contributed by atoms with Crippen molar-refractivity contribution in [1.29, 1.82) is 0 Å². The predicted octanol–water partition coefficient (Wildman–Crippen LogP) is 0.187. The quantitative estimate of drug-likeness (QED) is 0.638. The largest absolute Gasteiger partial charge is 0.508 e. The van der Waals surface area contributed by atoms with Gasteiger partial charge in [0.15, 0.2) is 0 Å². The normalized spacial score (nSPS) is 9.71. The highest BCUT2D eigenvalue weighted by Gasteiger charge is 2.02. The Morgan fingerprint density at radius 3 is 2.29 bits per heavy atom. The minimum absolute atomic E-state index is 0.110. The van der Waals surface area contributed by atoms with Gasteiger partial charge in [0.25, 0.3) is 0 Å². The van der Waals surface area contributed by atoms with Crippen molar-refractivity contribution in [1.82, 2.24) is 10.6 Å². The number of phenols is 1. The fraction of sp³-hybridized carbons (Fsp3) is 0.333. The van der Waals surface area contributed by atoms with Gasteiger partial charge in [0.05, 0.1) is 6.42 Å². The van der Waals surface area contributed by atoms with Crippen LogP contribution in [0.25, 0.3) is 0 Å². The van der Waals surface area contributed by atoms with Gasteiger partial charge in [-0.3, -0.25) is 9.59 Å². The monoisotopic (exact) mass is 236 g/mol. The lowest BCUT2D eigenvalue weighted by molar-refractivity contribution is -0.121.